The van der Waals surface area contributed by atoms with Crippen molar-refractivity contribution in [3.63, 3.8) is 0 Å². The molecule has 0 saturated carbocycles. The summed E-state index contributed by atoms with van der Waals surface area (Å²) in [5.74, 6) is 0.574. The van der Waals surface area contributed by atoms with Crippen molar-refractivity contribution >= 4 is 0 Å². The molecule has 0 amide bonds. The van der Waals surface area contributed by atoms with E-state index in [0.717, 1.165) is 26.1 Å². The van der Waals surface area contributed by atoms with Crippen LogP contribution in [0.1, 0.15) is 45.4 Å². The molecule has 0 radical (unpaired) electrons. The molecule has 3 heteroatoms. The summed E-state index contributed by atoms with van der Waals surface area (Å²) >= 11 is 0. The van der Waals surface area contributed by atoms with Crippen LogP contribution < -0.4 is 5.73 Å². The molecule has 0 bridgehead atoms. The first-order valence-electron chi connectivity index (χ1n) is 6.76. The first-order chi connectivity index (χ1) is 7.77. The van der Waals surface area contributed by atoms with Crippen LogP contribution in [0.5, 0.6) is 0 Å². The Morgan fingerprint density at radius 1 is 1.25 bits per heavy atom. The lowest BCUT2D eigenvalue weighted by Gasteiger charge is -2.22. The van der Waals surface area contributed by atoms with Gasteiger partial charge < -0.3 is 15.2 Å². The van der Waals surface area contributed by atoms with Crippen LogP contribution in [0.25, 0.3) is 0 Å². The molecule has 0 spiro atoms. The van der Waals surface area contributed by atoms with Gasteiger partial charge in [0.1, 0.15) is 0 Å². The van der Waals surface area contributed by atoms with Crippen LogP contribution in [0.2, 0.25) is 0 Å². The molecule has 2 rings (SSSR count). The molecule has 0 aliphatic carbocycles. The SMILES string of the molecule is CC1OCCC1C(N)CCCC1CCCO1. The monoisotopic (exact) mass is 227 g/mol. The Morgan fingerprint density at radius 2 is 2.12 bits per heavy atom. The molecule has 2 fully saturated rings. The van der Waals surface area contributed by atoms with Crippen LogP contribution in [0, 0.1) is 5.92 Å². The van der Waals surface area contributed by atoms with Gasteiger partial charge in [0.25, 0.3) is 0 Å². The summed E-state index contributed by atoms with van der Waals surface area (Å²) in [5, 5.41) is 0. The Hall–Kier alpha value is -0.120. The lowest BCUT2D eigenvalue weighted by Crippen LogP contribution is -2.34. The highest BCUT2D eigenvalue weighted by molar-refractivity contribution is 4.82. The van der Waals surface area contributed by atoms with Gasteiger partial charge in [-0.15, -0.1) is 0 Å². The van der Waals surface area contributed by atoms with Gasteiger partial charge in [0.2, 0.25) is 0 Å². The predicted molar refractivity (Wildman–Crippen MR) is 64.3 cm³/mol. The predicted octanol–water partition coefficient (Wildman–Crippen LogP) is 2.09. The van der Waals surface area contributed by atoms with E-state index in [1.165, 1.54) is 25.7 Å². The van der Waals surface area contributed by atoms with E-state index in [1.54, 1.807) is 0 Å². The molecule has 2 aliphatic rings. The molecule has 0 aromatic heterocycles. The highest BCUT2D eigenvalue weighted by Crippen LogP contribution is 2.26. The smallest absolute Gasteiger partial charge is 0.0590 e. The van der Waals surface area contributed by atoms with E-state index in [4.69, 9.17) is 15.2 Å². The molecule has 2 heterocycles. The minimum absolute atomic E-state index is 0.318. The summed E-state index contributed by atoms with van der Waals surface area (Å²) in [6.07, 6.45) is 8.02. The zero-order chi connectivity index (χ0) is 11.4. The summed E-state index contributed by atoms with van der Waals surface area (Å²) in [4.78, 5) is 0. The van der Waals surface area contributed by atoms with Gasteiger partial charge in [-0.3, -0.25) is 0 Å². The van der Waals surface area contributed by atoms with Gasteiger partial charge >= 0.3 is 0 Å². The quantitative estimate of drug-likeness (QED) is 0.782. The number of ether oxygens (including phenoxy) is 2. The fourth-order valence-electron chi connectivity index (χ4n) is 2.98. The molecule has 94 valence electrons. The fourth-order valence-corrected chi connectivity index (χ4v) is 2.98. The Balaban J connectivity index is 1.61. The lowest BCUT2D eigenvalue weighted by molar-refractivity contribution is 0.0925. The van der Waals surface area contributed by atoms with Crippen molar-refractivity contribution in [1.29, 1.82) is 0 Å². The highest BCUT2D eigenvalue weighted by atomic mass is 16.5. The fraction of sp³-hybridized carbons (Fsp3) is 1.00. The van der Waals surface area contributed by atoms with Crippen LogP contribution in [0.4, 0.5) is 0 Å². The van der Waals surface area contributed by atoms with Crippen LogP contribution in [0.3, 0.4) is 0 Å². The maximum absolute atomic E-state index is 6.23. The van der Waals surface area contributed by atoms with Crippen molar-refractivity contribution in [2.45, 2.75) is 63.7 Å². The van der Waals surface area contributed by atoms with Crippen LogP contribution in [0.15, 0.2) is 0 Å². The molecule has 0 aromatic carbocycles. The maximum Gasteiger partial charge on any atom is 0.0590 e. The average Bonchev–Trinajstić information content (AvgIpc) is 2.88. The van der Waals surface area contributed by atoms with Gasteiger partial charge in [0.15, 0.2) is 0 Å². The van der Waals surface area contributed by atoms with Crippen molar-refractivity contribution in [1.82, 2.24) is 0 Å². The van der Waals surface area contributed by atoms with E-state index in [0.29, 0.717) is 24.2 Å². The molecular formula is C13H25NO2. The summed E-state index contributed by atoms with van der Waals surface area (Å²) in [5.41, 5.74) is 6.23. The van der Waals surface area contributed by atoms with E-state index in [9.17, 15) is 0 Å². The Kier molecular flexibility index (Phi) is 4.62. The van der Waals surface area contributed by atoms with Crippen LogP contribution in [-0.2, 0) is 9.47 Å². The lowest BCUT2D eigenvalue weighted by atomic mass is 9.90. The number of nitrogens with two attached hydrogens (primary N) is 1. The van der Waals surface area contributed by atoms with Crippen molar-refractivity contribution in [2.24, 2.45) is 11.7 Å². The number of hydrogen-bond acceptors (Lipinski definition) is 3. The van der Waals surface area contributed by atoms with Gasteiger partial charge in [-0.2, -0.15) is 0 Å². The van der Waals surface area contributed by atoms with Gasteiger partial charge in [-0.25, -0.2) is 0 Å². The number of rotatable bonds is 5. The third-order valence-corrected chi connectivity index (χ3v) is 4.07. The molecule has 0 aromatic rings. The molecule has 4 atom stereocenters. The molecular weight excluding hydrogens is 202 g/mol. The topological polar surface area (TPSA) is 44.5 Å². The second-order valence-electron chi connectivity index (χ2n) is 5.26. The molecule has 4 unspecified atom stereocenters. The highest BCUT2D eigenvalue weighted by Gasteiger charge is 2.29. The summed E-state index contributed by atoms with van der Waals surface area (Å²) in [6, 6.07) is 0.318. The number of hydrogen-bond donors (Lipinski definition) is 1. The molecule has 16 heavy (non-hydrogen) atoms. The third-order valence-electron chi connectivity index (χ3n) is 4.07. The standard InChI is InChI=1S/C13H25NO2/c1-10-12(7-9-15-10)13(14)6-2-4-11-5-3-8-16-11/h10-13H,2-9,14H2,1H3. The second kappa shape index (κ2) is 5.99. The normalized spacial score (nSPS) is 36.8. The van der Waals surface area contributed by atoms with Crippen LogP contribution in [-0.4, -0.2) is 31.5 Å². The third kappa shape index (κ3) is 3.19. The Morgan fingerprint density at radius 3 is 2.75 bits per heavy atom. The zero-order valence-corrected chi connectivity index (χ0v) is 10.4. The minimum Gasteiger partial charge on any atom is -0.378 e. The zero-order valence-electron chi connectivity index (χ0n) is 10.4. The van der Waals surface area contributed by atoms with Gasteiger partial charge in [-0.05, 0) is 45.4 Å². The van der Waals surface area contributed by atoms with E-state index in [1.807, 2.05) is 0 Å². The minimum atomic E-state index is 0.318. The molecule has 2 aliphatic heterocycles. The van der Waals surface area contributed by atoms with E-state index in [-0.39, 0.29) is 0 Å². The van der Waals surface area contributed by atoms with Crippen molar-refractivity contribution in [2.75, 3.05) is 13.2 Å². The van der Waals surface area contributed by atoms with E-state index < -0.39 is 0 Å². The first-order valence-corrected chi connectivity index (χ1v) is 6.76. The van der Waals surface area contributed by atoms with Crippen molar-refractivity contribution < 1.29 is 9.47 Å². The Labute approximate surface area is 98.7 Å². The molecule has 2 N–H and O–H groups in total. The first kappa shape index (κ1) is 12.3. The van der Waals surface area contributed by atoms with Gasteiger partial charge in [0.05, 0.1) is 12.2 Å². The summed E-state index contributed by atoms with van der Waals surface area (Å²) < 4.78 is 11.2. The van der Waals surface area contributed by atoms with Crippen LogP contribution >= 0.6 is 0 Å². The van der Waals surface area contributed by atoms with E-state index >= 15 is 0 Å². The van der Waals surface area contributed by atoms with E-state index in [2.05, 4.69) is 6.92 Å². The summed E-state index contributed by atoms with van der Waals surface area (Å²) in [6.45, 7) is 4.01. The maximum atomic E-state index is 6.23. The van der Waals surface area contributed by atoms with Gasteiger partial charge in [-0.1, -0.05) is 0 Å². The van der Waals surface area contributed by atoms with Gasteiger partial charge in [0, 0.05) is 25.2 Å². The Bertz CT molecular complexity index is 204. The largest absolute Gasteiger partial charge is 0.378 e. The van der Waals surface area contributed by atoms with Crippen molar-refractivity contribution in [3.05, 3.63) is 0 Å². The molecule has 2 saturated heterocycles. The van der Waals surface area contributed by atoms with Crippen molar-refractivity contribution in [3.8, 4) is 0 Å². The summed E-state index contributed by atoms with van der Waals surface area (Å²) in [7, 11) is 0. The molecule has 3 nitrogen and oxygen atoms in total. The second-order valence-corrected chi connectivity index (χ2v) is 5.26. The average molecular weight is 227 g/mol.